The topological polar surface area (TPSA) is 85.6 Å². The number of anilines is 1. The van der Waals surface area contributed by atoms with Crippen LogP contribution in [0.25, 0.3) is 17.1 Å². The Morgan fingerprint density at radius 3 is 2.27 bits per heavy atom. The number of benzene rings is 3. The molecular weight excluding hydrogens is 555 g/mol. The van der Waals surface area contributed by atoms with Crippen molar-refractivity contribution < 1.29 is 31.4 Å². The second-order valence-electron chi connectivity index (χ2n) is 8.25. The Morgan fingerprint density at radius 2 is 1.65 bits per heavy atom. The molecule has 0 fully saturated rings. The summed E-state index contributed by atoms with van der Waals surface area (Å²) in [5.74, 6) is 0.462. The maximum absolute atomic E-state index is 13.1. The molecule has 4 aromatic rings. The number of hydrogen-bond acceptors (Lipinski definition) is 6. The fourth-order valence-corrected chi connectivity index (χ4v) is 3.49. The smallest absolute Gasteiger partial charge is 0.497 e. The van der Waals surface area contributed by atoms with Gasteiger partial charge >= 0.3 is 12.3 Å². The monoisotopic (exact) mass is 576 g/mol. The number of rotatable bonds is 8. The first kappa shape index (κ1) is 28.4. The van der Waals surface area contributed by atoms with E-state index in [1.807, 2.05) is 25.1 Å². The summed E-state index contributed by atoms with van der Waals surface area (Å²) in [6.45, 7) is 1.92. The van der Waals surface area contributed by atoms with Crippen molar-refractivity contribution in [2.24, 2.45) is 5.10 Å². The van der Waals surface area contributed by atoms with E-state index in [4.69, 9.17) is 17.0 Å². The molecule has 2 N–H and O–H groups in total. The van der Waals surface area contributed by atoms with Gasteiger partial charge in [-0.3, -0.25) is 5.43 Å². The van der Waals surface area contributed by atoms with E-state index in [9.17, 15) is 22.0 Å². The number of halogens is 5. The third kappa shape index (κ3) is 6.88. The van der Waals surface area contributed by atoms with Crippen molar-refractivity contribution >= 4 is 29.2 Å². The fourth-order valence-electron chi connectivity index (χ4n) is 3.33. The molecule has 0 aliphatic heterocycles. The molecule has 0 saturated carbocycles. The Bertz CT molecular complexity index is 1510. The van der Waals surface area contributed by atoms with Gasteiger partial charge in [0.15, 0.2) is 10.9 Å². The van der Waals surface area contributed by atoms with Crippen LogP contribution in [0, 0.1) is 6.92 Å². The minimum atomic E-state index is -5.83. The summed E-state index contributed by atoms with van der Waals surface area (Å²) >= 11 is 5.27. The summed E-state index contributed by atoms with van der Waals surface area (Å²) in [7, 11) is 1.60. The summed E-state index contributed by atoms with van der Waals surface area (Å²) in [6.07, 6.45) is -8.17. The highest BCUT2D eigenvalue weighted by molar-refractivity contribution is 7.80. The van der Waals surface area contributed by atoms with E-state index >= 15 is 0 Å². The van der Waals surface area contributed by atoms with Gasteiger partial charge in [0, 0.05) is 11.3 Å². The molecule has 0 aliphatic rings. The number of aromatic nitrogens is 3. The molecule has 0 amide bonds. The van der Waals surface area contributed by atoms with Crippen LogP contribution in [0.4, 0.5) is 27.6 Å². The van der Waals surface area contributed by atoms with Gasteiger partial charge in [-0.05, 0) is 72.7 Å². The van der Waals surface area contributed by atoms with Crippen LogP contribution in [-0.4, -0.2) is 45.5 Å². The minimum Gasteiger partial charge on any atom is -0.497 e. The molecule has 40 heavy (non-hydrogen) atoms. The van der Waals surface area contributed by atoms with Crippen LogP contribution in [0.5, 0.6) is 11.5 Å². The number of methoxy groups -OCH3 is 1. The lowest BCUT2D eigenvalue weighted by Crippen LogP contribution is -2.41. The van der Waals surface area contributed by atoms with Crippen molar-refractivity contribution in [3.63, 3.8) is 0 Å². The van der Waals surface area contributed by atoms with Crippen molar-refractivity contribution in [1.82, 2.24) is 20.2 Å². The fraction of sp³-hybridized carbons (Fsp3) is 0.154. The number of alkyl halides is 5. The van der Waals surface area contributed by atoms with E-state index in [0.717, 1.165) is 34.7 Å². The van der Waals surface area contributed by atoms with Gasteiger partial charge in [0.2, 0.25) is 0 Å². The predicted octanol–water partition coefficient (Wildman–Crippen LogP) is 6.11. The quantitative estimate of drug-likeness (QED) is 0.113. The number of hydrazone groups is 1. The molecule has 0 radical (unpaired) electrons. The Hall–Kier alpha value is -4.59. The summed E-state index contributed by atoms with van der Waals surface area (Å²) in [4.78, 5) is 4.22. The van der Waals surface area contributed by atoms with Crippen LogP contribution >= 0.6 is 12.2 Å². The minimum absolute atomic E-state index is 0.310. The van der Waals surface area contributed by atoms with Crippen LogP contribution in [0.3, 0.4) is 0 Å². The largest absolute Gasteiger partial charge is 0.499 e. The maximum Gasteiger partial charge on any atom is 0.499 e. The lowest BCUT2D eigenvalue weighted by atomic mass is 10.1. The summed E-state index contributed by atoms with van der Waals surface area (Å²) in [5.41, 5.74) is 6.35. The molecule has 3 aromatic carbocycles. The first-order valence-electron chi connectivity index (χ1n) is 11.5. The van der Waals surface area contributed by atoms with Gasteiger partial charge in [-0.2, -0.15) is 27.1 Å². The second kappa shape index (κ2) is 11.7. The van der Waals surface area contributed by atoms with Gasteiger partial charge in [-0.25, -0.2) is 9.67 Å². The van der Waals surface area contributed by atoms with Crippen LogP contribution in [0.15, 0.2) is 78.2 Å². The standard InChI is InChI=1S/C26H21F5N6O2S/c1-16-13-21(38-2)11-12-22(16)34-24(40)35-33-14-17-3-5-18(6-4-17)23-32-15-37(36-23)19-7-9-20(10-8-19)39-26(30,31)25(27,28)29/h3-15H,1-2H3,(H2,34,35,40). The maximum atomic E-state index is 13.1. The van der Waals surface area contributed by atoms with Gasteiger partial charge in [0.05, 0.1) is 19.0 Å². The Balaban J connectivity index is 1.34. The number of nitrogens with zero attached hydrogens (tertiary/aromatic N) is 4. The third-order valence-corrected chi connectivity index (χ3v) is 5.59. The van der Waals surface area contributed by atoms with Crippen molar-refractivity contribution in [3.8, 4) is 28.6 Å². The molecule has 0 unspecified atom stereocenters. The Labute approximate surface area is 230 Å². The molecule has 0 saturated heterocycles. The molecule has 208 valence electrons. The highest BCUT2D eigenvalue weighted by Crippen LogP contribution is 2.37. The van der Waals surface area contributed by atoms with E-state index in [2.05, 4.69) is 30.7 Å². The van der Waals surface area contributed by atoms with Crippen molar-refractivity contribution in [3.05, 3.63) is 84.2 Å². The Morgan fingerprint density at radius 1 is 0.975 bits per heavy atom. The molecule has 14 heteroatoms. The van der Waals surface area contributed by atoms with Gasteiger partial charge in [0.1, 0.15) is 17.8 Å². The first-order valence-corrected chi connectivity index (χ1v) is 11.9. The van der Waals surface area contributed by atoms with Gasteiger partial charge in [-0.15, -0.1) is 5.10 Å². The van der Waals surface area contributed by atoms with E-state index in [-0.39, 0.29) is 0 Å². The number of ether oxygens (including phenoxy) is 2. The van der Waals surface area contributed by atoms with Crippen LogP contribution < -0.4 is 20.2 Å². The first-order chi connectivity index (χ1) is 18.9. The number of nitrogens with one attached hydrogen (secondary N) is 2. The van der Waals surface area contributed by atoms with Crippen LogP contribution in [0.2, 0.25) is 0 Å². The van der Waals surface area contributed by atoms with E-state index < -0.39 is 18.0 Å². The van der Waals surface area contributed by atoms with Gasteiger partial charge in [0.25, 0.3) is 0 Å². The predicted molar refractivity (Wildman–Crippen MR) is 143 cm³/mol. The zero-order valence-corrected chi connectivity index (χ0v) is 21.7. The van der Waals surface area contributed by atoms with Crippen molar-refractivity contribution in [1.29, 1.82) is 0 Å². The average Bonchev–Trinajstić information content (AvgIpc) is 3.40. The third-order valence-electron chi connectivity index (χ3n) is 5.40. The molecule has 1 heterocycles. The van der Waals surface area contributed by atoms with Gasteiger partial charge in [-0.1, -0.05) is 24.3 Å². The van der Waals surface area contributed by atoms with Crippen molar-refractivity contribution in [2.45, 2.75) is 19.2 Å². The molecule has 8 nitrogen and oxygen atoms in total. The lowest BCUT2D eigenvalue weighted by molar-refractivity contribution is -0.360. The Kier molecular flexibility index (Phi) is 8.28. The second-order valence-corrected chi connectivity index (χ2v) is 8.66. The number of thiocarbonyl (C=S) groups is 1. The van der Waals surface area contributed by atoms with E-state index in [1.54, 1.807) is 37.6 Å². The zero-order chi connectivity index (χ0) is 28.9. The molecule has 0 aliphatic carbocycles. The van der Waals surface area contributed by atoms with Gasteiger partial charge < -0.3 is 14.8 Å². The highest BCUT2D eigenvalue weighted by atomic mass is 32.1. The SMILES string of the molecule is COc1ccc(NC(=S)NN=Cc2ccc(-c3ncn(-c4ccc(OC(F)(F)C(F)(F)F)cc4)n3)cc2)c(C)c1. The molecule has 0 spiro atoms. The molecule has 4 rings (SSSR count). The van der Waals surface area contributed by atoms with E-state index in [1.165, 1.54) is 23.1 Å². The van der Waals surface area contributed by atoms with Crippen LogP contribution in [0.1, 0.15) is 11.1 Å². The normalized spacial score (nSPS) is 11.9. The van der Waals surface area contributed by atoms with E-state index in [0.29, 0.717) is 22.2 Å². The summed E-state index contributed by atoms with van der Waals surface area (Å²) in [5, 5.41) is 11.8. The number of hydrogen-bond donors (Lipinski definition) is 2. The summed E-state index contributed by atoms with van der Waals surface area (Å²) in [6, 6.07) is 17.2. The summed E-state index contributed by atoms with van der Waals surface area (Å²) < 4.78 is 73.5. The molecule has 0 bridgehead atoms. The molecule has 1 aromatic heterocycles. The van der Waals surface area contributed by atoms with Crippen molar-refractivity contribution in [2.75, 3.05) is 12.4 Å². The van der Waals surface area contributed by atoms with Crippen LogP contribution in [-0.2, 0) is 0 Å². The highest BCUT2D eigenvalue weighted by Gasteiger charge is 2.61. The average molecular weight is 577 g/mol. The molecule has 0 atom stereocenters. The molecular formula is C26H21F5N6O2S. The number of aryl methyl sites for hydroxylation is 1. The zero-order valence-electron chi connectivity index (χ0n) is 20.9. The lowest BCUT2D eigenvalue weighted by Gasteiger charge is -2.20.